The summed E-state index contributed by atoms with van der Waals surface area (Å²) in [4.78, 5) is 0. The number of phenols is 1. The molecule has 0 fully saturated rings. The van der Waals surface area contributed by atoms with Crippen molar-refractivity contribution < 1.29 is 5.11 Å². The highest BCUT2D eigenvalue weighted by Gasteiger charge is 2.07. The molecule has 0 radical (unpaired) electrons. The van der Waals surface area contributed by atoms with Gasteiger partial charge in [-0.1, -0.05) is 30.3 Å². The van der Waals surface area contributed by atoms with Crippen LogP contribution in [0.3, 0.4) is 0 Å². The van der Waals surface area contributed by atoms with E-state index in [0.29, 0.717) is 5.75 Å². The first-order chi connectivity index (χ1) is 8.25. The minimum Gasteiger partial charge on any atom is -0.508 e. The van der Waals surface area contributed by atoms with Gasteiger partial charge in [-0.3, -0.25) is 0 Å². The maximum atomic E-state index is 9.52. The molecule has 0 spiro atoms. The van der Waals surface area contributed by atoms with Gasteiger partial charge < -0.3 is 9.67 Å². The van der Waals surface area contributed by atoms with E-state index in [2.05, 4.69) is 22.8 Å². The second-order valence-electron chi connectivity index (χ2n) is 4.20. The molecule has 84 valence electrons. The van der Waals surface area contributed by atoms with Gasteiger partial charge in [-0.05, 0) is 23.8 Å². The van der Waals surface area contributed by atoms with Gasteiger partial charge in [0.1, 0.15) is 5.75 Å². The molecular weight excluding hydrogens is 210 g/mol. The molecule has 2 heteroatoms. The second kappa shape index (κ2) is 3.67. The molecule has 0 amide bonds. The number of fused-ring (bicyclic) bond motifs is 1. The predicted molar refractivity (Wildman–Crippen MR) is 70.0 cm³/mol. The molecule has 0 saturated carbocycles. The van der Waals surface area contributed by atoms with Gasteiger partial charge in [-0.25, -0.2) is 0 Å². The van der Waals surface area contributed by atoms with Crippen molar-refractivity contribution in [3.8, 4) is 17.0 Å². The molecule has 0 saturated heterocycles. The van der Waals surface area contributed by atoms with E-state index in [9.17, 15) is 5.11 Å². The van der Waals surface area contributed by atoms with Crippen molar-refractivity contribution in [1.82, 2.24) is 4.57 Å². The maximum Gasteiger partial charge on any atom is 0.117 e. The van der Waals surface area contributed by atoms with Gasteiger partial charge >= 0.3 is 0 Å². The van der Waals surface area contributed by atoms with Crippen LogP contribution in [-0.2, 0) is 7.05 Å². The lowest BCUT2D eigenvalue weighted by Crippen LogP contribution is -1.90. The molecule has 0 aliphatic heterocycles. The Hall–Kier alpha value is -2.22. The van der Waals surface area contributed by atoms with Crippen LogP contribution in [0.15, 0.2) is 54.6 Å². The third-order valence-electron chi connectivity index (χ3n) is 3.10. The monoisotopic (exact) mass is 223 g/mol. The summed E-state index contributed by atoms with van der Waals surface area (Å²) in [6, 6.07) is 17.9. The third kappa shape index (κ3) is 1.58. The van der Waals surface area contributed by atoms with Crippen molar-refractivity contribution >= 4 is 10.9 Å². The summed E-state index contributed by atoms with van der Waals surface area (Å²) < 4.78 is 2.10. The minimum absolute atomic E-state index is 0.304. The maximum absolute atomic E-state index is 9.52. The van der Waals surface area contributed by atoms with E-state index < -0.39 is 0 Å². The van der Waals surface area contributed by atoms with Crippen molar-refractivity contribution in [3.63, 3.8) is 0 Å². The zero-order valence-corrected chi connectivity index (χ0v) is 9.59. The number of aromatic nitrogens is 1. The number of phenolic OH excluding ortho intramolecular Hbond substituents is 1. The summed E-state index contributed by atoms with van der Waals surface area (Å²) in [6.45, 7) is 0. The molecule has 3 rings (SSSR count). The number of nitrogens with zero attached hydrogens (tertiary/aromatic N) is 1. The Bertz CT molecular complexity index is 668. The largest absolute Gasteiger partial charge is 0.508 e. The highest BCUT2D eigenvalue weighted by atomic mass is 16.3. The van der Waals surface area contributed by atoms with Crippen molar-refractivity contribution in [2.75, 3.05) is 0 Å². The van der Waals surface area contributed by atoms with Crippen LogP contribution < -0.4 is 0 Å². The Morgan fingerprint density at radius 1 is 0.941 bits per heavy atom. The average Bonchev–Trinajstić information content (AvgIpc) is 2.68. The number of benzene rings is 2. The summed E-state index contributed by atoms with van der Waals surface area (Å²) in [5.41, 5.74) is 3.39. The smallest absolute Gasteiger partial charge is 0.117 e. The van der Waals surface area contributed by atoms with E-state index in [1.165, 1.54) is 5.56 Å². The third-order valence-corrected chi connectivity index (χ3v) is 3.10. The van der Waals surface area contributed by atoms with Crippen LogP contribution in [0.1, 0.15) is 0 Å². The van der Waals surface area contributed by atoms with Crippen molar-refractivity contribution in [1.29, 1.82) is 0 Å². The Labute approximate surface area is 99.7 Å². The topological polar surface area (TPSA) is 25.2 Å². The van der Waals surface area contributed by atoms with Crippen LogP contribution in [0, 0.1) is 0 Å². The van der Waals surface area contributed by atoms with Crippen molar-refractivity contribution in [3.05, 3.63) is 54.6 Å². The van der Waals surface area contributed by atoms with E-state index >= 15 is 0 Å². The summed E-state index contributed by atoms with van der Waals surface area (Å²) >= 11 is 0. The number of rotatable bonds is 1. The van der Waals surface area contributed by atoms with E-state index in [-0.39, 0.29) is 0 Å². The highest BCUT2D eigenvalue weighted by Crippen LogP contribution is 2.28. The molecule has 0 unspecified atom stereocenters. The SMILES string of the molecule is Cn1c(-c2ccccc2)cc2ccc(O)cc21. The van der Waals surface area contributed by atoms with E-state index in [0.717, 1.165) is 16.6 Å². The highest BCUT2D eigenvalue weighted by molar-refractivity contribution is 5.87. The minimum atomic E-state index is 0.304. The van der Waals surface area contributed by atoms with Crippen LogP contribution in [0.5, 0.6) is 5.75 Å². The van der Waals surface area contributed by atoms with Crippen LogP contribution in [-0.4, -0.2) is 9.67 Å². The van der Waals surface area contributed by atoms with Gasteiger partial charge in [0, 0.05) is 24.2 Å². The fourth-order valence-corrected chi connectivity index (χ4v) is 2.20. The lowest BCUT2D eigenvalue weighted by Gasteiger charge is -2.04. The molecule has 0 bridgehead atoms. The molecule has 0 aliphatic rings. The zero-order valence-electron chi connectivity index (χ0n) is 9.59. The van der Waals surface area contributed by atoms with Gasteiger partial charge in [-0.15, -0.1) is 0 Å². The Morgan fingerprint density at radius 3 is 2.47 bits per heavy atom. The molecule has 1 N–H and O–H groups in total. The predicted octanol–water partition coefficient (Wildman–Crippen LogP) is 3.55. The molecular formula is C15H13NO. The Kier molecular flexibility index (Phi) is 2.15. The molecule has 2 aromatic carbocycles. The van der Waals surface area contributed by atoms with E-state index in [4.69, 9.17) is 0 Å². The molecule has 0 atom stereocenters. The fraction of sp³-hybridized carbons (Fsp3) is 0.0667. The first kappa shape index (κ1) is 9.97. The van der Waals surface area contributed by atoms with Crippen LogP contribution in [0.4, 0.5) is 0 Å². The molecule has 2 nitrogen and oxygen atoms in total. The molecule has 1 aromatic heterocycles. The summed E-state index contributed by atoms with van der Waals surface area (Å²) in [5, 5.41) is 10.7. The average molecular weight is 223 g/mol. The van der Waals surface area contributed by atoms with Crippen LogP contribution >= 0.6 is 0 Å². The second-order valence-corrected chi connectivity index (χ2v) is 4.20. The lowest BCUT2D eigenvalue weighted by molar-refractivity contribution is 0.476. The van der Waals surface area contributed by atoms with E-state index in [1.54, 1.807) is 12.1 Å². The molecule has 17 heavy (non-hydrogen) atoms. The Balaban J connectivity index is 2.28. The van der Waals surface area contributed by atoms with Crippen molar-refractivity contribution in [2.45, 2.75) is 0 Å². The lowest BCUT2D eigenvalue weighted by atomic mass is 10.1. The molecule has 3 aromatic rings. The summed E-state index contributed by atoms with van der Waals surface area (Å²) in [6.07, 6.45) is 0. The number of hydrogen-bond donors (Lipinski definition) is 1. The van der Waals surface area contributed by atoms with Crippen LogP contribution in [0.25, 0.3) is 22.2 Å². The van der Waals surface area contributed by atoms with Crippen molar-refractivity contribution in [2.24, 2.45) is 7.05 Å². The van der Waals surface area contributed by atoms with Gasteiger partial charge in [0.05, 0.1) is 5.52 Å². The number of aromatic hydroxyl groups is 1. The first-order valence-corrected chi connectivity index (χ1v) is 5.59. The van der Waals surface area contributed by atoms with Gasteiger partial charge in [0.25, 0.3) is 0 Å². The zero-order chi connectivity index (χ0) is 11.8. The van der Waals surface area contributed by atoms with Crippen LogP contribution in [0.2, 0.25) is 0 Å². The number of aryl methyl sites for hydroxylation is 1. The first-order valence-electron chi connectivity index (χ1n) is 5.59. The van der Waals surface area contributed by atoms with Gasteiger partial charge in [0.15, 0.2) is 0 Å². The summed E-state index contributed by atoms with van der Waals surface area (Å²) in [5.74, 6) is 0.304. The molecule has 0 aliphatic carbocycles. The summed E-state index contributed by atoms with van der Waals surface area (Å²) in [7, 11) is 2.02. The van der Waals surface area contributed by atoms with E-state index in [1.807, 2.05) is 31.3 Å². The number of hydrogen-bond acceptors (Lipinski definition) is 1. The normalized spacial score (nSPS) is 10.9. The van der Waals surface area contributed by atoms with Gasteiger partial charge in [-0.2, -0.15) is 0 Å². The molecule has 1 heterocycles. The van der Waals surface area contributed by atoms with Gasteiger partial charge in [0.2, 0.25) is 0 Å². The Morgan fingerprint density at radius 2 is 1.71 bits per heavy atom. The fourth-order valence-electron chi connectivity index (χ4n) is 2.20. The standard InChI is InChI=1S/C15H13NO/c1-16-14(11-5-3-2-4-6-11)9-12-7-8-13(17)10-15(12)16/h2-10,17H,1H3. The quantitative estimate of drug-likeness (QED) is 0.670.